The first-order chi connectivity index (χ1) is 13.0. The predicted octanol–water partition coefficient (Wildman–Crippen LogP) is 3.94. The van der Waals surface area contributed by atoms with Crippen molar-refractivity contribution in [2.24, 2.45) is 0 Å². The maximum atomic E-state index is 12.4. The van der Waals surface area contributed by atoms with Crippen LogP contribution in [0.1, 0.15) is 38.3 Å². The fourth-order valence-corrected chi connectivity index (χ4v) is 4.13. The number of carbonyl (C=O) groups is 3. The Bertz CT molecular complexity index is 1070. The van der Waals surface area contributed by atoms with Crippen molar-refractivity contribution in [1.29, 1.82) is 0 Å². The number of rotatable bonds is 5. The highest BCUT2D eigenvalue weighted by Gasteiger charge is 2.35. The minimum Gasteiger partial charge on any atom is -0.461 e. The summed E-state index contributed by atoms with van der Waals surface area (Å²) in [5.74, 6) is -1.14. The first kappa shape index (κ1) is 17.4. The molecule has 1 aliphatic rings. The van der Waals surface area contributed by atoms with Crippen LogP contribution >= 0.6 is 11.3 Å². The molecule has 2 aromatic carbocycles. The summed E-state index contributed by atoms with van der Waals surface area (Å²) in [5.41, 5.74) is 2.67. The van der Waals surface area contributed by atoms with E-state index in [-0.39, 0.29) is 31.4 Å². The molecule has 0 saturated carbocycles. The van der Waals surface area contributed by atoms with E-state index in [1.807, 2.05) is 36.6 Å². The molecule has 5 nitrogen and oxygen atoms in total. The molecule has 2 heterocycles. The van der Waals surface area contributed by atoms with E-state index in [4.69, 9.17) is 4.74 Å². The van der Waals surface area contributed by atoms with Crippen molar-refractivity contribution in [2.75, 3.05) is 6.54 Å². The molecule has 136 valence electrons. The molecule has 2 amide bonds. The van der Waals surface area contributed by atoms with Crippen LogP contribution in [0.4, 0.5) is 0 Å². The molecule has 27 heavy (non-hydrogen) atoms. The van der Waals surface area contributed by atoms with Crippen LogP contribution in [-0.4, -0.2) is 29.2 Å². The highest BCUT2D eigenvalue weighted by Crippen LogP contribution is 2.26. The zero-order valence-electron chi connectivity index (χ0n) is 14.7. The number of fused-ring (bicyclic) bond motifs is 2. The van der Waals surface area contributed by atoms with E-state index in [0.717, 1.165) is 26.1 Å². The van der Waals surface area contributed by atoms with Crippen molar-refractivity contribution in [3.63, 3.8) is 0 Å². The largest absolute Gasteiger partial charge is 0.461 e. The quantitative estimate of drug-likeness (QED) is 0.498. The molecule has 0 saturated heterocycles. The highest BCUT2D eigenvalue weighted by atomic mass is 32.1. The van der Waals surface area contributed by atoms with Crippen LogP contribution in [0.2, 0.25) is 0 Å². The van der Waals surface area contributed by atoms with Gasteiger partial charge in [-0.1, -0.05) is 29.8 Å². The lowest BCUT2D eigenvalue weighted by molar-refractivity contribution is -0.145. The number of nitrogens with zero attached hydrogens (tertiary/aromatic N) is 1. The molecule has 0 N–H and O–H groups in total. The third kappa shape index (κ3) is 3.24. The second kappa shape index (κ2) is 6.96. The Kier molecular flexibility index (Phi) is 4.49. The summed E-state index contributed by atoms with van der Waals surface area (Å²) in [5, 5.41) is 3.05. The van der Waals surface area contributed by atoms with Gasteiger partial charge in [-0.2, -0.15) is 0 Å². The topological polar surface area (TPSA) is 63.7 Å². The number of esters is 1. The van der Waals surface area contributed by atoms with E-state index in [0.29, 0.717) is 11.1 Å². The van der Waals surface area contributed by atoms with Crippen molar-refractivity contribution in [2.45, 2.75) is 20.0 Å². The van der Waals surface area contributed by atoms with Crippen LogP contribution < -0.4 is 0 Å². The second-order valence-corrected chi connectivity index (χ2v) is 7.39. The highest BCUT2D eigenvalue weighted by molar-refractivity contribution is 7.17. The molecule has 0 aliphatic carbocycles. The molecule has 4 rings (SSSR count). The zero-order valence-corrected chi connectivity index (χ0v) is 15.5. The van der Waals surface area contributed by atoms with Crippen LogP contribution in [0.25, 0.3) is 10.1 Å². The number of benzene rings is 2. The van der Waals surface area contributed by atoms with E-state index >= 15 is 0 Å². The summed E-state index contributed by atoms with van der Waals surface area (Å²) >= 11 is 1.61. The monoisotopic (exact) mass is 379 g/mol. The SMILES string of the molecule is Cc1ccc2c(c1)C(=O)N(CCC(=O)OCc1csc3ccccc13)C2=O. The molecule has 6 heteroatoms. The van der Waals surface area contributed by atoms with Gasteiger partial charge in [-0.25, -0.2) is 0 Å². The average Bonchev–Trinajstić information content (AvgIpc) is 3.18. The molecule has 0 unspecified atom stereocenters. The van der Waals surface area contributed by atoms with Crippen molar-refractivity contribution < 1.29 is 19.1 Å². The molecule has 0 radical (unpaired) electrons. The molecule has 1 aromatic heterocycles. The smallest absolute Gasteiger partial charge is 0.307 e. The van der Waals surface area contributed by atoms with Crippen LogP contribution in [0.15, 0.2) is 47.8 Å². The minimum atomic E-state index is -0.432. The number of hydrogen-bond acceptors (Lipinski definition) is 5. The lowest BCUT2D eigenvalue weighted by atomic mass is 10.1. The van der Waals surface area contributed by atoms with Crippen molar-refractivity contribution in [3.8, 4) is 0 Å². The van der Waals surface area contributed by atoms with Crippen LogP contribution in [0.3, 0.4) is 0 Å². The Labute approximate surface area is 160 Å². The number of imide groups is 1. The summed E-state index contributed by atoms with van der Waals surface area (Å²) in [7, 11) is 0. The molecule has 3 aromatic rings. The maximum absolute atomic E-state index is 12.4. The van der Waals surface area contributed by atoms with E-state index in [1.165, 1.54) is 0 Å². The maximum Gasteiger partial charge on any atom is 0.307 e. The van der Waals surface area contributed by atoms with E-state index < -0.39 is 5.97 Å². The number of ether oxygens (including phenoxy) is 1. The first-order valence-electron chi connectivity index (χ1n) is 8.62. The molecule has 0 atom stereocenters. The zero-order chi connectivity index (χ0) is 19.0. The summed E-state index contributed by atoms with van der Waals surface area (Å²) < 4.78 is 6.48. The van der Waals surface area contributed by atoms with Gasteiger partial charge in [-0.3, -0.25) is 19.3 Å². The van der Waals surface area contributed by atoms with Gasteiger partial charge in [0.25, 0.3) is 11.8 Å². The summed E-state index contributed by atoms with van der Waals surface area (Å²) in [4.78, 5) is 38.0. The predicted molar refractivity (Wildman–Crippen MR) is 103 cm³/mol. The summed E-state index contributed by atoms with van der Waals surface area (Å²) in [6.45, 7) is 2.07. The molecule has 0 bridgehead atoms. The Morgan fingerprint density at radius 1 is 1.07 bits per heavy atom. The normalized spacial score (nSPS) is 13.3. The van der Waals surface area contributed by atoms with Crippen LogP contribution in [0, 0.1) is 6.92 Å². The molecule has 0 spiro atoms. The molecule has 1 aliphatic heterocycles. The molecular formula is C21H17NO4S. The van der Waals surface area contributed by atoms with Gasteiger partial charge in [0.2, 0.25) is 0 Å². The van der Waals surface area contributed by atoms with Gasteiger partial charge < -0.3 is 4.74 Å². The number of thiophene rings is 1. The fraction of sp³-hybridized carbons (Fsp3) is 0.190. The Morgan fingerprint density at radius 2 is 1.85 bits per heavy atom. The number of amides is 2. The van der Waals surface area contributed by atoms with Crippen LogP contribution in [0.5, 0.6) is 0 Å². The van der Waals surface area contributed by atoms with E-state index in [2.05, 4.69) is 0 Å². The lowest BCUT2D eigenvalue weighted by Crippen LogP contribution is -2.32. The number of aryl methyl sites for hydroxylation is 1. The van der Waals surface area contributed by atoms with E-state index in [9.17, 15) is 14.4 Å². The lowest BCUT2D eigenvalue weighted by Gasteiger charge is -2.13. The second-order valence-electron chi connectivity index (χ2n) is 6.48. The van der Waals surface area contributed by atoms with Gasteiger partial charge in [0.05, 0.1) is 17.5 Å². The third-order valence-corrected chi connectivity index (χ3v) is 5.63. The number of carbonyl (C=O) groups excluding carboxylic acids is 3. The molecule has 0 fully saturated rings. The summed E-state index contributed by atoms with van der Waals surface area (Å²) in [6.07, 6.45) is -0.0213. The Morgan fingerprint density at radius 3 is 2.70 bits per heavy atom. The van der Waals surface area contributed by atoms with Crippen molar-refractivity contribution in [1.82, 2.24) is 4.90 Å². The minimum absolute atomic E-state index is 0.0213. The fourth-order valence-electron chi connectivity index (χ4n) is 3.19. The first-order valence-corrected chi connectivity index (χ1v) is 9.50. The van der Waals surface area contributed by atoms with Gasteiger partial charge in [0.1, 0.15) is 6.61 Å². The third-order valence-electron chi connectivity index (χ3n) is 4.62. The average molecular weight is 379 g/mol. The Hall–Kier alpha value is -2.99. The van der Waals surface area contributed by atoms with Gasteiger partial charge in [0, 0.05) is 16.8 Å². The van der Waals surface area contributed by atoms with E-state index in [1.54, 1.807) is 29.5 Å². The standard InChI is InChI=1S/C21H17NO4S/c1-13-6-7-16-17(10-13)21(25)22(20(16)24)9-8-19(23)26-11-14-12-27-18-5-3-2-4-15(14)18/h2-7,10,12H,8-9,11H2,1H3. The van der Waals surface area contributed by atoms with Gasteiger partial charge in [0.15, 0.2) is 0 Å². The van der Waals surface area contributed by atoms with Crippen molar-refractivity contribution >= 4 is 39.2 Å². The van der Waals surface area contributed by atoms with Gasteiger partial charge >= 0.3 is 5.97 Å². The molecular weight excluding hydrogens is 362 g/mol. The summed E-state index contributed by atoms with van der Waals surface area (Å²) in [6, 6.07) is 13.1. The van der Waals surface area contributed by atoms with Crippen LogP contribution in [-0.2, 0) is 16.1 Å². The number of hydrogen-bond donors (Lipinski definition) is 0. The Balaban J connectivity index is 1.36. The van der Waals surface area contributed by atoms with Gasteiger partial charge in [-0.15, -0.1) is 11.3 Å². The van der Waals surface area contributed by atoms with Crippen molar-refractivity contribution in [3.05, 3.63) is 70.1 Å². The van der Waals surface area contributed by atoms with Gasteiger partial charge in [-0.05, 0) is 35.9 Å².